The molecular formula is C21H19Br2ClN6O3. The molecule has 0 unspecified atom stereocenters. The first-order valence-electron chi connectivity index (χ1n) is 9.66. The van der Waals surface area contributed by atoms with E-state index in [1.807, 2.05) is 13.8 Å². The van der Waals surface area contributed by atoms with Crippen LogP contribution in [0.15, 0.2) is 45.5 Å². The van der Waals surface area contributed by atoms with Gasteiger partial charge in [0.2, 0.25) is 5.91 Å². The van der Waals surface area contributed by atoms with E-state index in [0.717, 1.165) is 0 Å². The summed E-state index contributed by atoms with van der Waals surface area (Å²) in [4.78, 5) is 41.4. The summed E-state index contributed by atoms with van der Waals surface area (Å²) in [5.41, 5.74) is 5.69. The molecule has 172 valence electrons. The number of rotatable bonds is 5. The van der Waals surface area contributed by atoms with Crippen LogP contribution < -0.4 is 16.2 Å². The molecule has 2 aromatic heterocycles. The Hall–Kier alpha value is -2.76. The Bertz CT molecular complexity index is 1240. The Balaban J connectivity index is 2.04. The molecule has 3 rings (SSSR count). The van der Waals surface area contributed by atoms with Gasteiger partial charge in [-0.25, -0.2) is 9.67 Å². The lowest BCUT2D eigenvalue weighted by atomic mass is 10.1. The highest BCUT2D eigenvalue weighted by Crippen LogP contribution is 2.32. The van der Waals surface area contributed by atoms with Crippen LogP contribution >= 0.6 is 43.5 Å². The Morgan fingerprint density at radius 1 is 1.09 bits per heavy atom. The molecule has 0 radical (unpaired) electrons. The maximum absolute atomic E-state index is 13.4. The van der Waals surface area contributed by atoms with Crippen LogP contribution in [-0.2, 0) is 4.79 Å². The molecule has 12 heteroatoms. The molecule has 0 saturated heterocycles. The molecule has 2 heterocycles. The van der Waals surface area contributed by atoms with Gasteiger partial charge in [0.1, 0.15) is 5.69 Å². The average molecular weight is 599 g/mol. The summed E-state index contributed by atoms with van der Waals surface area (Å²) in [7, 11) is 0. The first kappa shape index (κ1) is 24.9. The van der Waals surface area contributed by atoms with Gasteiger partial charge in [-0.3, -0.25) is 25.2 Å². The van der Waals surface area contributed by atoms with Crippen LogP contribution in [-0.4, -0.2) is 32.5 Å². The third kappa shape index (κ3) is 5.79. The topological polar surface area (TPSA) is 118 Å². The fourth-order valence-electron chi connectivity index (χ4n) is 2.81. The van der Waals surface area contributed by atoms with Crippen molar-refractivity contribution in [2.45, 2.75) is 26.7 Å². The second-order valence-corrected chi connectivity index (χ2v) is 9.41. The predicted octanol–water partition coefficient (Wildman–Crippen LogP) is 4.60. The van der Waals surface area contributed by atoms with E-state index in [9.17, 15) is 14.4 Å². The fraction of sp³-hybridized carbons (Fsp3) is 0.190. The molecule has 0 spiro atoms. The van der Waals surface area contributed by atoms with Crippen LogP contribution in [0.3, 0.4) is 0 Å². The van der Waals surface area contributed by atoms with Crippen LogP contribution in [0.25, 0.3) is 5.82 Å². The summed E-state index contributed by atoms with van der Waals surface area (Å²) >= 11 is 13.0. The minimum absolute atomic E-state index is 0.0405. The van der Waals surface area contributed by atoms with E-state index >= 15 is 0 Å². The second kappa shape index (κ2) is 10.4. The number of carbonyl (C=O) groups is 3. The lowest BCUT2D eigenvalue weighted by Crippen LogP contribution is -2.40. The zero-order chi connectivity index (χ0) is 24.3. The smallest absolute Gasteiger partial charge is 0.274 e. The molecule has 0 atom stereocenters. The molecular weight excluding hydrogens is 580 g/mol. The molecule has 3 aromatic rings. The molecule has 0 aliphatic rings. The third-order valence-electron chi connectivity index (χ3n) is 4.38. The van der Waals surface area contributed by atoms with E-state index < -0.39 is 17.7 Å². The molecule has 1 aromatic carbocycles. The van der Waals surface area contributed by atoms with Gasteiger partial charge < -0.3 is 5.32 Å². The minimum atomic E-state index is -0.619. The monoisotopic (exact) mass is 596 g/mol. The van der Waals surface area contributed by atoms with E-state index in [1.54, 1.807) is 30.5 Å². The molecule has 0 saturated carbocycles. The van der Waals surface area contributed by atoms with Crippen LogP contribution in [0.5, 0.6) is 0 Å². The Labute approximate surface area is 211 Å². The number of hydrogen-bond donors (Lipinski definition) is 3. The Morgan fingerprint density at radius 2 is 1.82 bits per heavy atom. The maximum Gasteiger partial charge on any atom is 0.274 e. The molecule has 3 N–H and O–H groups in total. The number of carbonyl (C=O) groups excluding carboxylic acids is 3. The standard InChI is InChI=1S/C21H19Br2ClN6O3/c1-10(2)16-9-17(30(29-16)19-15(24)5-4-6-25-19)21(33)26-18-13(7-12(22)8-14(18)23)20(32)28-27-11(3)31/h4-10H,1-3H3,(H,26,33)(H,27,31)(H,28,32). The fourth-order valence-corrected chi connectivity index (χ4v) is 4.33. The number of benzene rings is 1. The lowest BCUT2D eigenvalue weighted by molar-refractivity contribution is -0.119. The molecule has 9 nitrogen and oxygen atoms in total. The van der Waals surface area contributed by atoms with Gasteiger partial charge in [0.15, 0.2) is 5.82 Å². The molecule has 0 aliphatic heterocycles. The number of amides is 3. The Kier molecular flexibility index (Phi) is 7.88. The van der Waals surface area contributed by atoms with Crippen molar-refractivity contribution in [3.8, 4) is 5.82 Å². The highest BCUT2D eigenvalue weighted by molar-refractivity contribution is 9.11. The number of nitrogens with zero attached hydrogens (tertiary/aromatic N) is 3. The third-order valence-corrected chi connectivity index (χ3v) is 5.76. The number of nitrogens with one attached hydrogen (secondary N) is 3. The minimum Gasteiger partial charge on any atom is -0.319 e. The second-order valence-electron chi connectivity index (χ2n) is 7.23. The van der Waals surface area contributed by atoms with Crippen molar-refractivity contribution in [3.05, 3.63) is 67.4 Å². The van der Waals surface area contributed by atoms with Gasteiger partial charge in [-0.1, -0.05) is 41.4 Å². The van der Waals surface area contributed by atoms with Crippen molar-refractivity contribution in [1.82, 2.24) is 25.6 Å². The number of anilines is 1. The van der Waals surface area contributed by atoms with Crippen molar-refractivity contribution < 1.29 is 14.4 Å². The molecule has 0 aliphatic carbocycles. The quantitative estimate of drug-likeness (QED) is 0.371. The van der Waals surface area contributed by atoms with E-state index in [2.05, 4.69) is 58.1 Å². The molecule has 0 bridgehead atoms. The van der Waals surface area contributed by atoms with Crippen LogP contribution in [0.1, 0.15) is 53.2 Å². The van der Waals surface area contributed by atoms with E-state index in [0.29, 0.717) is 25.5 Å². The van der Waals surface area contributed by atoms with Crippen LogP contribution in [0.2, 0.25) is 5.02 Å². The molecule has 0 fully saturated rings. The highest BCUT2D eigenvalue weighted by Gasteiger charge is 2.24. The number of halogens is 3. The first-order valence-corrected chi connectivity index (χ1v) is 11.6. The number of hydrogen-bond acceptors (Lipinski definition) is 5. The van der Waals surface area contributed by atoms with Crippen molar-refractivity contribution in [3.63, 3.8) is 0 Å². The van der Waals surface area contributed by atoms with E-state index in [1.165, 1.54) is 17.7 Å². The summed E-state index contributed by atoms with van der Waals surface area (Å²) in [5, 5.41) is 7.59. The van der Waals surface area contributed by atoms with E-state index in [-0.39, 0.29) is 22.9 Å². The Morgan fingerprint density at radius 3 is 2.45 bits per heavy atom. The summed E-state index contributed by atoms with van der Waals surface area (Å²) < 4.78 is 2.41. The highest BCUT2D eigenvalue weighted by atomic mass is 79.9. The zero-order valence-corrected chi connectivity index (χ0v) is 21.7. The number of aromatic nitrogens is 3. The van der Waals surface area contributed by atoms with Gasteiger partial charge in [0.05, 0.1) is 22.0 Å². The number of hydrazine groups is 1. The normalized spacial score (nSPS) is 10.8. The van der Waals surface area contributed by atoms with Crippen molar-refractivity contribution >= 4 is 66.9 Å². The predicted molar refractivity (Wildman–Crippen MR) is 132 cm³/mol. The summed E-state index contributed by atoms with van der Waals surface area (Å²) in [5.74, 6) is -1.26. The van der Waals surface area contributed by atoms with Gasteiger partial charge in [-0.15, -0.1) is 0 Å². The van der Waals surface area contributed by atoms with Gasteiger partial charge in [0, 0.05) is 22.1 Å². The largest absolute Gasteiger partial charge is 0.319 e. The zero-order valence-electron chi connectivity index (χ0n) is 17.7. The van der Waals surface area contributed by atoms with Gasteiger partial charge in [0.25, 0.3) is 11.8 Å². The van der Waals surface area contributed by atoms with Gasteiger partial charge in [-0.05, 0) is 52.2 Å². The van der Waals surface area contributed by atoms with Gasteiger partial charge in [-0.2, -0.15) is 5.10 Å². The van der Waals surface area contributed by atoms with Crippen LogP contribution in [0.4, 0.5) is 5.69 Å². The van der Waals surface area contributed by atoms with Crippen LogP contribution in [0, 0.1) is 0 Å². The van der Waals surface area contributed by atoms with Crippen molar-refractivity contribution in [2.24, 2.45) is 0 Å². The maximum atomic E-state index is 13.4. The molecule has 33 heavy (non-hydrogen) atoms. The molecule has 3 amide bonds. The SMILES string of the molecule is CC(=O)NNC(=O)c1cc(Br)cc(Br)c1NC(=O)c1cc(C(C)C)nn1-c1ncccc1Cl. The lowest BCUT2D eigenvalue weighted by Gasteiger charge is -2.15. The number of pyridine rings is 1. The summed E-state index contributed by atoms with van der Waals surface area (Å²) in [6.07, 6.45) is 1.55. The average Bonchev–Trinajstić information content (AvgIpc) is 3.19. The summed E-state index contributed by atoms with van der Waals surface area (Å²) in [6, 6.07) is 8.17. The van der Waals surface area contributed by atoms with E-state index in [4.69, 9.17) is 11.6 Å². The summed E-state index contributed by atoms with van der Waals surface area (Å²) in [6.45, 7) is 5.16. The van der Waals surface area contributed by atoms with Crippen molar-refractivity contribution in [2.75, 3.05) is 5.32 Å². The van der Waals surface area contributed by atoms with Gasteiger partial charge >= 0.3 is 0 Å². The first-order chi connectivity index (χ1) is 15.6. The van der Waals surface area contributed by atoms with Crippen molar-refractivity contribution in [1.29, 1.82) is 0 Å².